The number of aliphatic carboxylic acids is 1. The molecule has 1 fully saturated rings. The normalized spacial score (nSPS) is 15.2. The van der Waals surface area contributed by atoms with E-state index < -0.39 is 17.9 Å². The molecule has 10 heteroatoms. The van der Waals surface area contributed by atoms with Crippen molar-refractivity contribution in [1.29, 1.82) is 0 Å². The minimum atomic E-state index is -1.19. The average molecular weight is 514 g/mol. The van der Waals surface area contributed by atoms with Crippen molar-refractivity contribution in [2.75, 3.05) is 0 Å². The van der Waals surface area contributed by atoms with Crippen molar-refractivity contribution in [2.45, 2.75) is 50.5 Å². The van der Waals surface area contributed by atoms with Crippen LogP contribution in [0.5, 0.6) is 0 Å². The first-order chi connectivity index (χ1) is 18.5. The second kappa shape index (κ2) is 9.70. The van der Waals surface area contributed by atoms with Crippen molar-refractivity contribution in [1.82, 2.24) is 24.9 Å². The molecule has 4 aromatic heterocycles. The number of hydrogen-bond acceptors (Lipinski definition) is 5. The highest BCUT2D eigenvalue weighted by Gasteiger charge is 2.28. The molecule has 5 aromatic rings. The summed E-state index contributed by atoms with van der Waals surface area (Å²) in [7, 11) is 0. The number of H-pyrrole nitrogens is 2. The zero-order valence-electron chi connectivity index (χ0n) is 20.6. The van der Waals surface area contributed by atoms with E-state index in [1.54, 1.807) is 18.4 Å². The van der Waals surface area contributed by atoms with Gasteiger partial charge < -0.3 is 24.8 Å². The minimum absolute atomic E-state index is 0.0487. The van der Waals surface area contributed by atoms with E-state index in [1.807, 2.05) is 30.3 Å². The maximum Gasteiger partial charge on any atom is 0.326 e. The van der Waals surface area contributed by atoms with E-state index in [0.717, 1.165) is 43.0 Å². The molecule has 10 nitrogen and oxygen atoms in total. The van der Waals surface area contributed by atoms with Gasteiger partial charge in [0.15, 0.2) is 11.5 Å². The van der Waals surface area contributed by atoms with Gasteiger partial charge in [-0.15, -0.1) is 0 Å². The van der Waals surface area contributed by atoms with Gasteiger partial charge in [-0.25, -0.2) is 4.79 Å². The van der Waals surface area contributed by atoms with Gasteiger partial charge in [0, 0.05) is 29.3 Å². The predicted molar refractivity (Wildman–Crippen MR) is 140 cm³/mol. The molecule has 1 atom stereocenters. The lowest BCUT2D eigenvalue weighted by atomic mass is 9.83. The van der Waals surface area contributed by atoms with E-state index in [4.69, 9.17) is 4.42 Å². The topological polar surface area (TPSA) is 145 Å². The van der Waals surface area contributed by atoms with Gasteiger partial charge >= 0.3 is 5.97 Å². The highest BCUT2D eigenvalue weighted by molar-refractivity contribution is 5.96. The molecule has 1 amide bonds. The summed E-state index contributed by atoms with van der Waals surface area (Å²) in [5.74, 6) is -1.24. The standard InChI is InChI=1S/C28H27N5O5/c34-26(30-21(28(36)37)14-18-13-17-9-4-5-10-19(17)29-18)20-15-23-31-25(22-11-6-12-38-22)24(27(35)33(23)32-20)16-7-2-1-3-8-16/h4-6,9-13,15-16,21,29,31H,1-3,7-8,14H2,(H,30,34)(H,36,37)/t21-/m0/s1. The molecule has 0 spiro atoms. The lowest BCUT2D eigenvalue weighted by molar-refractivity contribution is -0.139. The van der Waals surface area contributed by atoms with Crippen molar-refractivity contribution in [3.63, 3.8) is 0 Å². The van der Waals surface area contributed by atoms with Gasteiger partial charge in [0.25, 0.3) is 11.5 Å². The van der Waals surface area contributed by atoms with Crippen LogP contribution in [0.3, 0.4) is 0 Å². The summed E-state index contributed by atoms with van der Waals surface area (Å²) in [6, 6.07) is 13.3. The van der Waals surface area contributed by atoms with Crippen LogP contribution in [0.15, 0.2) is 64.0 Å². The first kappa shape index (κ1) is 23.8. The van der Waals surface area contributed by atoms with Crippen LogP contribution in [-0.2, 0) is 11.2 Å². The van der Waals surface area contributed by atoms with Crippen LogP contribution in [0.2, 0.25) is 0 Å². The third kappa shape index (κ3) is 4.38. The van der Waals surface area contributed by atoms with Gasteiger partial charge in [-0.1, -0.05) is 37.5 Å². The van der Waals surface area contributed by atoms with Gasteiger partial charge in [-0.3, -0.25) is 9.59 Å². The van der Waals surface area contributed by atoms with Crippen molar-refractivity contribution < 1.29 is 19.1 Å². The third-order valence-corrected chi connectivity index (χ3v) is 7.28. The Hall–Kier alpha value is -4.60. The smallest absolute Gasteiger partial charge is 0.326 e. The Balaban J connectivity index is 1.32. The minimum Gasteiger partial charge on any atom is -0.480 e. The van der Waals surface area contributed by atoms with Gasteiger partial charge in [0.2, 0.25) is 0 Å². The summed E-state index contributed by atoms with van der Waals surface area (Å²) in [4.78, 5) is 45.2. The first-order valence-electron chi connectivity index (χ1n) is 12.8. The fraction of sp³-hybridized carbons (Fsp3) is 0.286. The lowest BCUT2D eigenvalue weighted by Crippen LogP contribution is -2.42. The summed E-state index contributed by atoms with van der Waals surface area (Å²) in [6.07, 6.45) is 6.63. The lowest BCUT2D eigenvalue weighted by Gasteiger charge is -2.23. The SMILES string of the molecule is O=C(N[C@@H](Cc1cc2ccccc2[nH]1)C(=O)O)c1cc2[nH]c(-c3ccco3)c(C3CCCCC3)c(=O)n2n1. The highest BCUT2D eigenvalue weighted by Crippen LogP contribution is 2.35. The molecule has 0 aliphatic heterocycles. The molecule has 6 rings (SSSR count). The maximum atomic E-state index is 13.6. The van der Waals surface area contributed by atoms with E-state index in [0.29, 0.717) is 28.4 Å². The van der Waals surface area contributed by atoms with E-state index in [-0.39, 0.29) is 23.6 Å². The number of nitrogens with zero attached hydrogens (tertiary/aromatic N) is 2. The molecule has 0 unspecified atom stereocenters. The number of fused-ring (bicyclic) bond motifs is 2. The predicted octanol–water partition coefficient (Wildman–Crippen LogP) is 4.24. The number of carboxylic acid groups (broad SMARTS) is 1. The van der Waals surface area contributed by atoms with Gasteiger partial charge in [-0.05, 0) is 48.4 Å². The Morgan fingerprint density at radius 1 is 1.11 bits per heavy atom. The fourth-order valence-electron chi connectivity index (χ4n) is 5.43. The van der Waals surface area contributed by atoms with Crippen molar-refractivity contribution in [3.05, 3.63) is 82.1 Å². The Morgan fingerprint density at radius 3 is 2.66 bits per heavy atom. The molecule has 4 N–H and O–H groups in total. The summed E-state index contributed by atoms with van der Waals surface area (Å²) in [6.45, 7) is 0. The van der Waals surface area contributed by atoms with E-state index in [1.165, 1.54) is 10.6 Å². The number of benzene rings is 1. The number of hydrogen-bond donors (Lipinski definition) is 4. The molecular weight excluding hydrogens is 486 g/mol. The molecule has 38 heavy (non-hydrogen) atoms. The summed E-state index contributed by atoms with van der Waals surface area (Å²) in [5.41, 5.74) is 2.74. The Kier molecular flexibility index (Phi) is 6.07. The molecule has 194 valence electrons. The number of aromatic amines is 2. The zero-order chi connectivity index (χ0) is 26.2. The van der Waals surface area contributed by atoms with Gasteiger partial charge in [0.1, 0.15) is 11.7 Å². The summed E-state index contributed by atoms with van der Waals surface area (Å²) < 4.78 is 6.81. The van der Waals surface area contributed by atoms with Crippen molar-refractivity contribution in [2.24, 2.45) is 0 Å². The molecule has 1 aliphatic rings. The van der Waals surface area contributed by atoms with Crippen LogP contribution in [-0.4, -0.2) is 42.6 Å². The van der Waals surface area contributed by atoms with Crippen LogP contribution in [0.1, 0.15) is 59.8 Å². The molecule has 4 heterocycles. The number of carboxylic acids is 1. The van der Waals surface area contributed by atoms with Crippen LogP contribution < -0.4 is 10.9 Å². The van der Waals surface area contributed by atoms with Crippen LogP contribution >= 0.6 is 0 Å². The maximum absolute atomic E-state index is 13.6. The molecule has 1 saturated carbocycles. The number of carbonyl (C=O) groups excluding carboxylic acids is 1. The molecule has 0 radical (unpaired) electrons. The largest absolute Gasteiger partial charge is 0.480 e. The van der Waals surface area contributed by atoms with E-state index >= 15 is 0 Å². The highest BCUT2D eigenvalue weighted by atomic mass is 16.4. The zero-order valence-corrected chi connectivity index (χ0v) is 20.6. The number of nitrogens with one attached hydrogen (secondary N) is 3. The summed E-state index contributed by atoms with van der Waals surface area (Å²) >= 11 is 0. The van der Waals surface area contributed by atoms with Gasteiger partial charge in [0.05, 0.1) is 12.0 Å². The monoisotopic (exact) mass is 513 g/mol. The molecule has 0 saturated heterocycles. The van der Waals surface area contributed by atoms with Crippen LogP contribution in [0.4, 0.5) is 0 Å². The van der Waals surface area contributed by atoms with Crippen LogP contribution in [0.25, 0.3) is 28.0 Å². The number of carbonyl (C=O) groups is 2. The molecule has 1 aliphatic carbocycles. The van der Waals surface area contributed by atoms with Crippen molar-refractivity contribution in [3.8, 4) is 11.5 Å². The second-order valence-corrected chi connectivity index (χ2v) is 9.81. The van der Waals surface area contributed by atoms with Crippen molar-refractivity contribution >= 4 is 28.4 Å². The molecular formula is C28H27N5O5. The number of amides is 1. The Morgan fingerprint density at radius 2 is 1.92 bits per heavy atom. The Labute approximate surface area is 216 Å². The number of furan rings is 1. The van der Waals surface area contributed by atoms with E-state index in [2.05, 4.69) is 20.4 Å². The average Bonchev–Trinajstić information content (AvgIpc) is 3.68. The molecule has 1 aromatic carbocycles. The van der Waals surface area contributed by atoms with Gasteiger partial charge in [-0.2, -0.15) is 9.61 Å². The fourth-order valence-corrected chi connectivity index (χ4v) is 5.43. The number of aromatic nitrogens is 4. The molecule has 0 bridgehead atoms. The number of para-hydroxylation sites is 1. The van der Waals surface area contributed by atoms with E-state index in [9.17, 15) is 19.5 Å². The Bertz CT molecular complexity index is 1650. The second-order valence-electron chi connectivity index (χ2n) is 9.81. The van der Waals surface area contributed by atoms with Crippen LogP contribution in [0, 0.1) is 0 Å². The quantitative estimate of drug-likeness (QED) is 0.256. The number of rotatable bonds is 7. The first-order valence-corrected chi connectivity index (χ1v) is 12.8. The summed E-state index contributed by atoms with van der Waals surface area (Å²) in [5, 5.41) is 17.6. The third-order valence-electron chi connectivity index (χ3n) is 7.28.